The fraction of sp³-hybridized carbons (Fsp3) is 0.421. The van der Waals surface area contributed by atoms with E-state index in [0.717, 1.165) is 16.9 Å². The van der Waals surface area contributed by atoms with Crippen LogP contribution in [0.2, 0.25) is 0 Å². The maximum atomic E-state index is 12.9. The summed E-state index contributed by atoms with van der Waals surface area (Å²) in [6, 6.07) is 4.82. The van der Waals surface area contributed by atoms with Gasteiger partial charge in [0.05, 0.1) is 17.6 Å². The molecule has 0 spiro atoms. The normalized spacial score (nSPS) is 20.0. The van der Waals surface area contributed by atoms with Gasteiger partial charge in [0.25, 0.3) is 5.91 Å². The van der Waals surface area contributed by atoms with Gasteiger partial charge in [0, 0.05) is 29.5 Å². The molecule has 0 bridgehead atoms. The molecular formula is C19H21N5O3. The van der Waals surface area contributed by atoms with E-state index in [1.807, 2.05) is 12.3 Å². The smallest absolute Gasteiger partial charge is 0.255 e. The van der Waals surface area contributed by atoms with E-state index in [0.29, 0.717) is 18.5 Å². The first kappa shape index (κ1) is 17.4. The summed E-state index contributed by atoms with van der Waals surface area (Å²) < 4.78 is 1.68. The van der Waals surface area contributed by atoms with Crippen molar-refractivity contribution < 1.29 is 14.4 Å². The molecule has 2 aromatic rings. The number of fused-ring (bicyclic) bond motifs is 1. The number of nitrogens with one attached hydrogen (secondary N) is 1. The van der Waals surface area contributed by atoms with Crippen molar-refractivity contribution in [2.45, 2.75) is 51.6 Å². The number of imide groups is 1. The minimum Gasteiger partial charge on any atom is -0.322 e. The highest BCUT2D eigenvalue weighted by Gasteiger charge is 2.40. The lowest BCUT2D eigenvalue weighted by Crippen LogP contribution is -2.52. The van der Waals surface area contributed by atoms with Crippen LogP contribution in [0.15, 0.2) is 24.4 Å². The van der Waals surface area contributed by atoms with Crippen molar-refractivity contribution in [2.75, 3.05) is 0 Å². The molecule has 27 heavy (non-hydrogen) atoms. The van der Waals surface area contributed by atoms with E-state index in [9.17, 15) is 14.4 Å². The monoisotopic (exact) mass is 367 g/mol. The fourth-order valence-corrected chi connectivity index (χ4v) is 3.51. The van der Waals surface area contributed by atoms with Crippen LogP contribution >= 0.6 is 0 Å². The first-order chi connectivity index (χ1) is 12.8. The average molecular weight is 367 g/mol. The van der Waals surface area contributed by atoms with Crippen molar-refractivity contribution in [1.29, 1.82) is 0 Å². The van der Waals surface area contributed by atoms with Crippen LogP contribution in [0, 0.1) is 0 Å². The molecule has 1 aromatic carbocycles. The van der Waals surface area contributed by atoms with Crippen LogP contribution in [0.5, 0.6) is 0 Å². The Balaban J connectivity index is 1.68. The van der Waals surface area contributed by atoms with Gasteiger partial charge in [-0.05, 0) is 18.6 Å². The zero-order valence-corrected chi connectivity index (χ0v) is 15.5. The van der Waals surface area contributed by atoms with E-state index in [4.69, 9.17) is 0 Å². The lowest BCUT2D eigenvalue weighted by molar-refractivity contribution is -0.136. The zero-order chi connectivity index (χ0) is 19.3. The van der Waals surface area contributed by atoms with Gasteiger partial charge in [0.2, 0.25) is 11.8 Å². The third kappa shape index (κ3) is 2.90. The summed E-state index contributed by atoms with van der Waals surface area (Å²) >= 11 is 0. The molecule has 0 aliphatic carbocycles. The molecule has 1 unspecified atom stereocenters. The molecule has 3 heterocycles. The Morgan fingerprint density at radius 1 is 1.19 bits per heavy atom. The largest absolute Gasteiger partial charge is 0.322 e. The summed E-state index contributed by atoms with van der Waals surface area (Å²) in [5.41, 5.74) is 2.87. The van der Waals surface area contributed by atoms with E-state index >= 15 is 0 Å². The fourth-order valence-electron chi connectivity index (χ4n) is 3.51. The average Bonchev–Trinajstić information content (AvgIpc) is 3.21. The summed E-state index contributed by atoms with van der Waals surface area (Å²) in [7, 11) is 0. The molecule has 1 N–H and O–H groups in total. The van der Waals surface area contributed by atoms with Gasteiger partial charge in [0.1, 0.15) is 6.04 Å². The van der Waals surface area contributed by atoms with E-state index in [1.54, 1.807) is 16.8 Å². The highest BCUT2D eigenvalue weighted by Crippen LogP contribution is 2.31. The molecule has 2 aliphatic heterocycles. The van der Waals surface area contributed by atoms with Gasteiger partial charge in [-0.15, -0.1) is 5.10 Å². The third-order valence-electron chi connectivity index (χ3n) is 5.07. The maximum Gasteiger partial charge on any atom is 0.255 e. The molecule has 140 valence electrons. The van der Waals surface area contributed by atoms with Crippen LogP contribution in [0.1, 0.15) is 55.2 Å². The third-order valence-corrected chi connectivity index (χ3v) is 5.07. The van der Waals surface area contributed by atoms with Gasteiger partial charge in [-0.1, -0.05) is 32.1 Å². The molecule has 8 heteroatoms. The standard InChI is InChI=1S/C19H21N5O3/c1-19(2,3)15-10-24(22-21-15)13-6-4-5-11-12(13)9-23(18(11)27)14-7-8-16(25)20-17(14)26/h4-6,10,14H,7-9H2,1-3H3,(H,20,25,26). The number of rotatable bonds is 2. The summed E-state index contributed by atoms with van der Waals surface area (Å²) in [4.78, 5) is 38.0. The molecule has 1 fully saturated rings. The Kier molecular flexibility index (Phi) is 3.87. The molecule has 2 aliphatic rings. The van der Waals surface area contributed by atoms with Gasteiger partial charge >= 0.3 is 0 Å². The Morgan fingerprint density at radius 3 is 2.63 bits per heavy atom. The molecule has 4 rings (SSSR count). The summed E-state index contributed by atoms with van der Waals surface area (Å²) in [6.07, 6.45) is 2.45. The number of carbonyl (C=O) groups excluding carboxylic acids is 3. The Bertz CT molecular complexity index is 956. The maximum absolute atomic E-state index is 12.9. The van der Waals surface area contributed by atoms with Gasteiger partial charge in [-0.3, -0.25) is 19.7 Å². The predicted molar refractivity (Wildman–Crippen MR) is 96.1 cm³/mol. The summed E-state index contributed by atoms with van der Waals surface area (Å²) in [5.74, 6) is -0.902. The molecular weight excluding hydrogens is 346 g/mol. The molecule has 0 radical (unpaired) electrons. The number of hydrogen-bond donors (Lipinski definition) is 1. The molecule has 1 saturated heterocycles. The first-order valence-electron chi connectivity index (χ1n) is 8.95. The Hall–Kier alpha value is -3.03. The second kappa shape index (κ2) is 6.00. The van der Waals surface area contributed by atoms with Crippen LogP contribution in [-0.4, -0.2) is 43.7 Å². The number of carbonyl (C=O) groups is 3. The van der Waals surface area contributed by atoms with Crippen LogP contribution < -0.4 is 5.32 Å². The van der Waals surface area contributed by atoms with E-state index in [-0.39, 0.29) is 23.7 Å². The van der Waals surface area contributed by atoms with Gasteiger partial charge in [-0.25, -0.2) is 4.68 Å². The quantitative estimate of drug-likeness (QED) is 0.808. The van der Waals surface area contributed by atoms with Crippen LogP contribution in [-0.2, 0) is 21.5 Å². The number of piperidine rings is 1. The number of aromatic nitrogens is 3. The molecule has 1 atom stereocenters. The molecule has 1 aromatic heterocycles. The number of benzene rings is 1. The summed E-state index contributed by atoms with van der Waals surface area (Å²) in [6.45, 7) is 6.49. The highest BCUT2D eigenvalue weighted by atomic mass is 16.2. The Labute approximate surface area is 156 Å². The van der Waals surface area contributed by atoms with Crippen molar-refractivity contribution in [2.24, 2.45) is 0 Å². The van der Waals surface area contributed by atoms with E-state index < -0.39 is 11.9 Å². The van der Waals surface area contributed by atoms with E-state index in [1.165, 1.54) is 4.90 Å². The Morgan fingerprint density at radius 2 is 1.96 bits per heavy atom. The second-order valence-corrected chi connectivity index (χ2v) is 8.00. The number of amides is 3. The molecule has 0 saturated carbocycles. The predicted octanol–water partition coefficient (Wildman–Crippen LogP) is 1.33. The molecule has 3 amide bonds. The van der Waals surface area contributed by atoms with Gasteiger partial charge in [0.15, 0.2) is 0 Å². The van der Waals surface area contributed by atoms with Crippen LogP contribution in [0.3, 0.4) is 0 Å². The zero-order valence-electron chi connectivity index (χ0n) is 15.5. The van der Waals surface area contributed by atoms with E-state index in [2.05, 4.69) is 36.4 Å². The minimum absolute atomic E-state index is 0.134. The minimum atomic E-state index is -0.628. The summed E-state index contributed by atoms with van der Waals surface area (Å²) in [5, 5.41) is 10.8. The van der Waals surface area contributed by atoms with Crippen molar-refractivity contribution in [1.82, 2.24) is 25.2 Å². The highest BCUT2D eigenvalue weighted by molar-refractivity contribution is 6.05. The van der Waals surface area contributed by atoms with Crippen LogP contribution in [0.4, 0.5) is 0 Å². The van der Waals surface area contributed by atoms with Crippen molar-refractivity contribution >= 4 is 17.7 Å². The topological polar surface area (TPSA) is 97.2 Å². The first-order valence-corrected chi connectivity index (χ1v) is 8.95. The second-order valence-electron chi connectivity index (χ2n) is 8.00. The van der Waals surface area contributed by atoms with Crippen molar-refractivity contribution in [3.8, 4) is 5.69 Å². The van der Waals surface area contributed by atoms with Crippen molar-refractivity contribution in [3.05, 3.63) is 41.2 Å². The lowest BCUT2D eigenvalue weighted by atomic mass is 9.93. The van der Waals surface area contributed by atoms with Gasteiger partial charge in [-0.2, -0.15) is 0 Å². The van der Waals surface area contributed by atoms with Crippen LogP contribution in [0.25, 0.3) is 5.69 Å². The lowest BCUT2D eigenvalue weighted by Gasteiger charge is -2.29. The SMILES string of the molecule is CC(C)(C)c1cn(-c2cccc3c2CN(C2CCC(=O)NC2=O)C3=O)nn1. The van der Waals surface area contributed by atoms with Crippen molar-refractivity contribution in [3.63, 3.8) is 0 Å². The number of nitrogens with zero attached hydrogens (tertiary/aromatic N) is 4. The number of hydrogen-bond acceptors (Lipinski definition) is 5. The van der Waals surface area contributed by atoms with Gasteiger partial charge < -0.3 is 4.90 Å². The molecule has 8 nitrogen and oxygen atoms in total.